The molecule has 0 N–H and O–H groups in total. The van der Waals surface area contributed by atoms with E-state index in [4.69, 9.17) is 5.41 Å². The highest BCUT2D eigenvalue weighted by molar-refractivity contribution is 6.42. The van der Waals surface area contributed by atoms with Gasteiger partial charge in [0.25, 0.3) is 5.78 Å². The Bertz CT molecular complexity index is 226. The normalized spacial score (nSPS) is 8.18. The number of hydrogen-bond donors (Lipinski definition) is 0. The maximum Gasteiger partial charge on any atom is 0.379 e. The molecule has 4 nitrogen and oxygen atoms in total. The van der Waals surface area contributed by atoms with E-state index in [2.05, 4.69) is 4.74 Å². The van der Waals surface area contributed by atoms with Crippen LogP contribution in [0.5, 0.6) is 0 Å². The van der Waals surface area contributed by atoms with Crippen LogP contribution in [0.1, 0.15) is 13.8 Å². The van der Waals surface area contributed by atoms with Crippen LogP contribution in [-0.4, -0.2) is 24.2 Å². The summed E-state index contributed by atoms with van der Waals surface area (Å²) in [5.41, 5.74) is -0.150. The van der Waals surface area contributed by atoms with Gasteiger partial charge in [-0.1, -0.05) is 0 Å². The summed E-state index contributed by atoms with van der Waals surface area (Å²) >= 11 is 0. The minimum Gasteiger partial charge on any atom is -0.763 e. The third-order valence-corrected chi connectivity index (χ3v) is 0.969. The molecule has 4 heteroatoms. The van der Waals surface area contributed by atoms with E-state index in [1.54, 1.807) is 12.8 Å². The van der Waals surface area contributed by atoms with Crippen LogP contribution in [0.15, 0.2) is 5.57 Å². The van der Waals surface area contributed by atoms with Crippen LogP contribution < -0.4 is 0 Å². The maximum atomic E-state index is 10.7. The third kappa shape index (κ3) is 2.78. The number of ketones is 1. The highest BCUT2D eigenvalue weighted by Gasteiger charge is 2.14. The average Bonchev–Trinajstić information content (AvgIpc) is 2.02. The van der Waals surface area contributed by atoms with Gasteiger partial charge < -0.3 is 10.1 Å². The van der Waals surface area contributed by atoms with Crippen molar-refractivity contribution in [3.05, 3.63) is 11.0 Å². The van der Waals surface area contributed by atoms with Crippen molar-refractivity contribution in [1.29, 1.82) is 0 Å². The number of carbonyl (C=O) groups is 2. The minimum absolute atomic E-state index is 0.142. The molecule has 0 aromatic heterocycles. The van der Waals surface area contributed by atoms with Crippen LogP contribution in [0, 0.1) is 0 Å². The number of rotatable bonds is 3. The summed E-state index contributed by atoms with van der Waals surface area (Å²) in [7, 11) is 0. The van der Waals surface area contributed by atoms with E-state index in [1.165, 1.54) is 6.92 Å². The zero-order valence-corrected chi connectivity index (χ0v) is 6.38. The molecule has 0 spiro atoms. The summed E-state index contributed by atoms with van der Waals surface area (Å²) in [6, 6.07) is 0. The Kier molecular flexibility index (Phi) is 3.85. The van der Waals surface area contributed by atoms with Crippen LogP contribution in [-0.2, 0) is 14.3 Å². The Morgan fingerprint density at radius 1 is 1.55 bits per heavy atom. The highest BCUT2D eigenvalue weighted by Crippen LogP contribution is 1.91. The molecule has 0 rings (SSSR count). The maximum absolute atomic E-state index is 10.7. The molecular formula is C7H8NO3-. The van der Waals surface area contributed by atoms with Crippen molar-refractivity contribution < 1.29 is 14.3 Å². The minimum atomic E-state index is -0.966. The van der Waals surface area contributed by atoms with Crippen molar-refractivity contribution in [3.63, 3.8) is 0 Å². The Morgan fingerprint density at radius 2 is 2.09 bits per heavy atom. The SMILES string of the molecule is CCOC(=O)C(=O)C(C)=C=[N-]. The van der Waals surface area contributed by atoms with E-state index in [9.17, 15) is 9.59 Å². The molecule has 11 heavy (non-hydrogen) atoms. The summed E-state index contributed by atoms with van der Waals surface area (Å²) in [4.78, 5) is 21.3. The monoisotopic (exact) mass is 154 g/mol. The molecule has 0 aliphatic heterocycles. The van der Waals surface area contributed by atoms with E-state index in [0.29, 0.717) is 0 Å². The predicted molar refractivity (Wildman–Crippen MR) is 39.2 cm³/mol. The number of Topliss-reactive ketones (excluding diaryl/α,β-unsaturated/α-hetero) is 1. The van der Waals surface area contributed by atoms with Crippen molar-refractivity contribution in [2.75, 3.05) is 6.61 Å². The van der Waals surface area contributed by atoms with Gasteiger partial charge in [0.15, 0.2) is 0 Å². The fourth-order valence-corrected chi connectivity index (χ4v) is 0.401. The Labute approximate surface area is 64.4 Å². The first-order valence-electron chi connectivity index (χ1n) is 3.08. The first kappa shape index (κ1) is 9.59. The van der Waals surface area contributed by atoms with E-state index in [-0.39, 0.29) is 12.2 Å². The van der Waals surface area contributed by atoms with Crippen molar-refractivity contribution in [2.45, 2.75) is 13.8 Å². The van der Waals surface area contributed by atoms with Crippen LogP contribution in [0.2, 0.25) is 0 Å². The molecule has 0 saturated heterocycles. The molecule has 0 aliphatic carbocycles. The van der Waals surface area contributed by atoms with Gasteiger partial charge in [-0.3, -0.25) is 10.7 Å². The van der Waals surface area contributed by atoms with Crippen molar-refractivity contribution in [2.24, 2.45) is 0 Å². The number of nitrogens with zero attached hydrogens (tertiary/aromatic N) is 1. The smallest absolute Gasteiger partial charge is 0.379 e. The molecule has 0 aliphatic rings. The molecule has 0 unspecified atom stereocenters. The lowest BCUT2D eigenvalue weighted by Crippen LogP contribution is -2.18. The Morgan fingerprint density at radius 3 is 2.45 bits per heavy atom. The number of hydrogen-bond acceptors (Lipinski definition) is 3. The lowest BCUT2D eigenvalue weighted by atomic mass is 10.2. The zero-order valence-electron chi connectivity index (χ0n) is 6.38. The van der Waals surface area contributed by atoms with Crippen LogP contribution in [0.25, 0.3) is 5.41 Å². The van der Waals surface area contributed by atoms with Crippen molar-refractivity contribution >= 4 is 17.6 Å². The third-order valence-electron chi connectivity index (χ3n) is 0.969. The van der Waals surface area contributed by atoms with Gasteiger partial charge in [0.05, 0.1) is 6.61 Å². The lowest BCUT2D eigenvalue weighted by molar-refractivity contribution is -0.151. The first-order chi connectivity index (χ1) is 5.13. The van der Waals surface area contributed by atoms with Gasteiger partial charge in [0.2, 0.25) is 0 Å². The van der Waals surface area contributed by atoms with Crippen LogP contribution in [0.4, 0.5) is 0 Å². The van der Waals surface area contributed by atoms with Gasteiger partial charge in [-0.15, -0.1) is 0 Å². The van der Waals surface area contributed by atoms with Crippen LogP contribution >= 0.6 is 0 Å². The predicted octanol–water partition coefficient (Wildman–Crippen LogP) is 0.304. The molecule has 0 aromatic carbocycles. The highest BCUT2D eigenvalue weighted by atomic mass is 16.5. The quantitative estimate of drug-likeness (QED) is 0.254. The fraction of sp³-hybridized carbons (Fsp3) is 0.429. The summed E-state index contributed by atoms with van der Waals surface area (Å²) in [6.07, 6.45) is 0. The molecule has 0 radical (unpaired) electrons. The van der Waals surface area contributed by atoms with Crippen molar-refractivity contribution in [3.8, 4) is 0 Å². The molecule has 60 valence electrons. The lowest BCUT2D eigenvalue weighted by Gasteiger charge is -1.98. The van der Waals surface area contributed by atoms with Gasteiger partial charge >= 0.3 is 5.97 Å². The zero-order chi connectivity index (χ0) is 8.85. The first-order valence-corrected chi connectivity index (χ1v) is 3.08. The average molecular weight is 154 g/mol. The summed E-state index contributed by atoms with van der Waals surface area (Å²) in [6.45, 7) is 3.01. The molecule has 0 heterocycles. The van der Waals surface area contributed by atoms with Gasteiger partial charge in [-0.2, -0.15) is 0 Å². The second-order valence-corrected chi connectivity index (χ2v) is 1.79. The molecule has 0 atom stereocenters. The standard InChI is InChI=1S/C7H8NO3/c1-3-11-7(10)6(9)5(2)4-8/h3H2,1-2H3/q-1. The van der Waals surface area contributed by atoms with Crippen molar-refractivity contribution in [1.82, 2.24) is 0 Å². The van der Waals surface area contributed by atoms with Gasteiger partial charge in [0.1, 0.15) is 0 Å². The van der Waals surface area contributed by atoms with Crippen LogP contribution in [0.3, 0.4) is 0 Å². The number of ether oxygens (including phenoxy) is 1. The van der Waals surface area contributed by atoms with E-state index >= 15 is 0 Å². The summed E-state index contributed by atoms with van der Waals surface area (Å²) in [5.74, 6) is -0.262. The second-order valence-electron chi connectivity index (χ2n) is 1.79. The molecular weight excluding hydrogens is 146 g/mol. The van der Waals surface area contributed by atoms with E-state index in [0.717, 1.165) is 0 Å². The number of carbonyl (C=O) groups excluding carboxylic acids is 2. The van der Waals surface area contributed by atoms with Gasteiger partial charge in [-0.05, 0) is 13.8 Å². The van der Waals surface area contributed by atoms with E-state index in [1.807, 2.05) is 0 Å². The molecule has 0 fully saturated rings. The Balaban J connectivity index is 4.26. The number of esters is 1. The molecule has 0 saturated carbocycles. The second kappa shape index (κ2) is 4.41. The fourth-order valence-electron chi connectivity index (χ4n) is 0.401. The largest absolute Gasteiger partial charge is 0.763 e. The molecule has 0 aromatic rings. The molecule has 0 bridgehead atoms. The Hall–Kier alpha value is -1.41. The van der Waals surface area contributed by atoms with Gasteiger partial charge in [-0.25, -0.2) is 4.79 Å². The summed E-state index contributed by atoms with van der Waals surface area (Å²) < 4.78 is 4.37. The topological polar surface area (TPSA) is 65.7 Å². The van der Waals surface area contributed by atoms with Gasteiger partial charge in [0, 0.05) is 5.57 Å². The van der Waals surface area contributed by atoms with E-state index < -0.39 is 11.8 Å². The summed E-state index contributed by atoms with van der Waals surface area (Å²) in [5, 5.41) is 8.21. The molecule has 0 amide bonds.